The highest BCUT2D eigenvalue weighted by Crippen LogP contribution is 2.30. The van der Waals surface area contributed by atoms with Crippen molar-refractivity contribution < 1.29 is 18.4 Å². The third-order valence-electron chi connectivity index (χ3n) is 3.74. The van der Waals surface area contributed by atoms with Crippen LogP contribution in [0.15, 0.2) is 18.2 Å². The molecule has 0 saturated carbocycles. The number of rotatable bonds is 5. The van der Waals surface area contributed by atoms with Gasteiger partial charge in [-0.15, -0.1) is 11.8 Å². The maximum atomic E-state index is 13.7. The molecular weight excluding hydrogens is 322 g/mol. The molecule has 126 valence electrons. The van der Waals surface area contributed by atoms with Gasteiger partial charge in [-0.1, -0.05) is 6.07 Å². The van der Waals surface area contributed by atoms with Gasteiger partial charge in [-0.25, -0.2) is 8.78 Å². The summed E-state index contributed by atoms with van der Waals surface area (Å²) < 4.78 is 26.6. The summed E-state index contributed by atoms with van der Waals surface area (Å²) in [7, 11) is 0. The molecule has 4 nitrogen and oxygen atoms in total. The average molecular weight is 342 g/mol. The molecule has 0 radical (unpaired) electrons. The summed E-state index contributed by atoms with van der Waals surface area (Å²) >= 11 is 1.25. The largest absolute Gasteiger partial charge is 0.354 e. The van der Waals surface area contributed by atoms with E-state index in [2.05, 4.69) is 10.6 Å². The molecule has 2 amide bonds. The molecule has 1 aromatic carbocycles. The number of carbonyl (C=O) groups excluding carboxylic acids is 2. The second-order valence-electron chi connectivity index (χ2n) is 5.53. The first-order valence-corrected chi connectivity index (χ1v) is 8.66. The van der Waals surface area contributed by atoms with Gasteiger partial charge in [0, 0.05) is 23.4 Å². The number of hydrogen-bond donors (Lipinski definition) is 2. The second kappa shape index (κ2) is 8.29. The van der Waals surface area contributed by atoms with Gasteiger partial charge in [0.25, 0.3) is 0 Å². The first kappa shape index (κ1) is 17.7. The number of halogens is 2. The van der Waals surface area contributed by atoms with E-state index in [-0.39, 0.29) is 22.8 Å². The molecule has 1 aliphatic heterocycles. The molecule has 1 heterocycles. The molecule has 0 aliphatic carbocycles. The van der Waals surface area contributed by atoms with E-state index in [4.69, 9.17) is 0 Å². The fourth-order valence-corrected chi connectivity index (χ4v) is 3.29. The van der Waals surface area contributed by atoms with E-state index in [0.29, 0.717) is 18.5 Å². The zero-order valence-electron chi connectivity index (χ0n) is 12.9. The van der Waals surface area contributed by atoms with Gasteiger partial charge < -0.3 is 10.6 Å². The molecule has 23 heavy (non-hydrogen) atoms. The Morgan fingerprint density at radius 2 is 2.22 bits per heavy atom. The minimum absolute atomic E-state index is 0.113. The Morgan fingerprint density at radius 1 is 1.43 bits per heavy atom. The van der Waals surface area contributed by atoms with E-state index in [1.165, 1.54) is 23.9 Å². The van der Waals surface area contributed by atoms with Crippen molar-refractivity contribution in [3.8, 4) is 0 Å². The van der Waals surface area contributed by atoms with Crippen LogP contribution in [-0.4, -0.2) is 30.2 Å². The monoisotopic (exact) mass is 342 g/mol. The zero-order chi connectivity index (χ0) is 16.8. The highest BCUT2D eigenvalue weighted by molar-refractivity contribution is 8.00. The summed E-state index contributed by atoms with van der Waals surface area (Å²) in [6.45, 7) is 2.40. The normalized spacial score (nSPS) is 19.6. The quantitative estimate of drug-likeness (QED) is 0.865. The van der Waals surface area contributed by atoms with E-state index in [0.717, 1.165) is 18.9 Å². The molecule has 0 spiro atoms. The summed E-state index contributed by atoms with van der Waals surface area (Å²) in [5, 5.41) is 5.18. The molecule has 1 aromatic rings. The second-order valence-corrected chi connectivity index (χ2v) is 6.86. The standard InChI is InChI=1S/C16H20F2N2O2S/c1-10(12-6-5-11(17)8-13(12)18)23-9-15(21)20-14-4-2-3-7-19-16(14)22/h5-6,8,10,14H,2-4,7,9H2,1H3,(H,19,22)(H,20,21). The van der Waals surface area contributed by atoms with Crippen LogP contribution < -0.4 is 10.6 Å². The van der Waals surface area contributed by atoms with Crippen molar-refractivity contribution >= 4 is 23.6 Å². The topological polar surface area (TPSA) is 58.2 Å². The fourth-order valence-electron chi connectivity index (χ4n) is 2.43. The molecule has 2 unspecified atom stereocenters. The predicted octanol–water partition coefficient (Wildman–Crippen LogP) is 2.54. The number of thioether (sulfide) groups is 1. The number of carbonyl (C=O) groups is 2. The zero-order valence-corrected chi connectivity index (χ0v) is 13.7. The van der Waals surface area contributed by atoms with Gasteiger partial charge in [0.05, 0.1) is 5.75 Å². The van der Waals surface area contributed by atoms with Gasteiger partial charge in [-0.05, 0) is 32.3 Å². The molecule has 0 bridgehead atoms. The average Bonchev–Trinajstić information content (AvgIpc) is 2.70. The van der Waals surface area contributed by atoms with Crippen molar-refractivity contribution in [1.29, 1.82) is 0 Å². The highest BCUT2D eigenvalue weighted by Gasteiger charge is 2.22. The molecule has 2 atom stereocenters. The Bertz CT molecular complexity index is 583. The molecular formula is C16H20F2N2O2S. The highest BCUT2D eigenvalue weighted by atomic mass is 32.2. The van der Waals surface area contributed by atoms with Crippen LogP contribution in [0.4, 0.5) is 8.78 Å². The SMILES string of the molecule is CC(SCC(=O)NC1CCCCNC1=O)c1ccc(F)cc1F. The first-order chi connectivity index (χ1) is 11.0. The first-order valence-electron chi connectivity index (χ1n) is 7.61. The van der Waals surface area contributed by atoms with Crippen LogP contribution in [0.1, 0.15) is 37.0 Å². The maximum Gasteiger partial charge on any atom is 0.242 e. The predicted molar refractivity (Wildman–Crippen MR) is 86.0 cm³/mol. The van der Waals surface area contributed by atoms with Gasteiger partial charge in [-0.2, -0.15) is 0 Å². The van der Waals surface area contributed by atoms with Crippen molar-refractivity contribution in [3.63, 3.8) is 0 Å². The maximum absolute atomic E-state index is 13.7. The Hall–Kier alpha value is -1.63. The molecule has 2 rings (SSSR count). The van der Waals surface area contributed by atoms with E-state index in [9.17, 15) is 18.4 Å². The summed E-state index contributed by atoms with van der Waals surface area (Å²) in [6, 6.07) is 2.93. The van der Waals surface area contributed by atoms with Gasteiger partial charge in [-0.3, -0.25) is 9.59 Å². The van der Waals surface area contributed by atoms with Crippen molar-refractivity contribution in [2.24, 2.45) is 0 Å². The van der Waals surface area contributed by atoms with Gasteiger partial charge in [0.1, 0.15) is 17.7 Å². The summed E-state index contributed by atoms with van der Waals surface area (Å²) in [4.78, 5) is 23.7. The molecule has 7 heteroatoms. The molecule has 0 aromatic heterocycles. The van der Waals surface area contributed by atoms with Crippen LogP contribution >= 0.6 is 11.8 Å². The molecule has 1 aliphatic rings. The summed E-state index contributed by atoms with van der Waals surface area (Å²) in [5.41, 5.74) is 0.358. The van der Waals surface area contributed by atoms with Crippen molar-refractivity contribution in [3.05, 3.63) is 35.4 Å². The van der Waals surface area contributed by atoms with Crippen molar-refractivity contribution in [1.82, 2.24) is 10.6 Å². The Balaban J connectivity index is 1.84. The lowest BCUT2D eigenvalue weighted by molar-refractivity contribution is -0.127. The van der Waals surface area contributed by atoms with Crippen LogP contribution in [0.25, 0.3) is 0 Å². The number of nitrogens with one attached hydrogen (secondary N) is 2. The van der Waals surface area contributed by atoms with Crippen molar-refractivity contribution in [2.75, 3.05) is 12.3 Å². The third kappa shape index (κ3) is 5.20. The van der Waals surface area contributed by atoms with Crippen LogP contribution in [0.3, 0.4) is 0 Å². The number of benzene rings is 1. The number of hydrogen-bond acceptors (Lipinski definition) is 3. The van der Waals surface area contributed by atoms with Gasteiger partial charge >= 0.3 is 0 Å². The lowest BCUT2D eigenvalue weighted by Gasteiger charge is -2.16. The number of amides is 2. The van der Waals surface area contributed by atoms with Crippen LogP contribution in [0, 0.1) is 11.6 Å². The van der Waals surface area contributed by atoms with Crippen LogP contribution in [0.5, 0.6) is 0 Å². The molecule has 1 fully saturated rings. The van der Waals surface area contributed by atoms with E-state index < -0.39 is 17.7 Å². The van der Waals surface area contributed by atoms with Crippen LogP contribution in [0.2, 0.25) is 0 Å². The van der Waals surface area contributed by atoms with E-state index in [1.54, 1.807) is 6.92 Å². The van der Waals surface area contributed by atoms with Gasteiger partial charge in [0.15, 0.2) is 0 Å². The minimum atomic E-state index is -0.624. The van der Waals surface area contributed by atoms with Crippen LogP contribution in [-0.2, 0) is 9.59 Å². The lowest BCUT2D eigenvalue weighted by Crippen LogP contribution is -2.46. The third-order valence-corrected chi connectivity index (χ3v) is 4.92. The van der Waals surface area contributed by atoms with Crippen molar-refractivity contribution in [2.45, 2.75) is 37.5 Å². The Labute approximate surface area is 138 Å². The fraction of sp³-hybridized carbons (Fsp3) is 0.500. The Kier molecular flexibility index (Phi) is 6.38. The van der Waals surface area contributed by atoms with E-state index in [1.807, 2.05) is 0 Å². The molecule has 1 saturated heterocycles. The smallest absolute Gasteiger partial charge is 0.242 e. The summed E-state index contributed by atoms with van der Waals surface area (Å²) in [6.07, 6.45) is 2.42. The lowest BCUT2D eigenvalue weighted by atomic mass is 10.1. The minimum Gasteiger partial charge on any atom is -0.354 e. The van der Waals surface area contributed by atoms with E-state index >= 15 is 0 Å². The van der Waals surface area contributed by atoms with Gasteiger partial charge in [0.2, 0.25) is 11.8 Å². The molecule has 2 N–H and O–H groups in total. The Morgan fingerprint density at radius 3 is 2.96 bits per heavy atom. The summed E-state index contributed by atoms with van der Waals surface area (Å²) in [5.74, 6) is -1.54.